The van der Waals surface area contributed by atoms with Gasteiger partial charge in [-0.25, -0.2) is 9.67 Å². The largest absolute Gasteiger partial charge is 0.336 e. The Morgan fingerprint density at radius 2 is 2.14 bits per heavy atom. The fourth-order valence-corrected chi connectivity index (χ4v) is 2.30. The summed E-state index contributed by atoms with van der Waals surface area (Å²) in [5.41, 5.74) is 2.34. The summed E-state index contributed by atoms with van der Waals surface area (Å²) < 4.78 is 3.95. The predicted octanol–water partition coefficient (Wildman–Crippen LogP) is 2.25. The third-order valence-electron chi connectivity index (χ3n) is 3.38. The van der Waals surface area contributed by atoms with Crippen molar-refractivity contribution in [2.45, 2.75) is 26.1 Å². The van der Waals surface area contributed by atoms with Gasteiger partial charge in [-0.2, -0.15) is 5.10 Å². The lowest BCUT2D eigenvalue weighted by atomic mass is 10.2. The van der Waals surface area contributed by atoms with Crippen LogP contribution in [0.5, 0.6) is 0 Å². The molecule has 1 N–H and O–H groups in total. The summed E-state index contributed by atoms with van der Waals surface area (Å²) in [6.07, 6.45) is 9.37. The molecule has 5 heteroatoms. The van der Waals surface area contributed by atoms with E-state index in [9.17, 15) is 0 Å². The topological polar surface area (TPSA) is 47.7 Å². The molecule has 3 rings (SSSR count). The van der Waals surface area contributed by atoms with Gasteiger partial charge in [-0.05, 0) is 30.7 Å². The van der Waals surface area contributed by atoms with Gasteiger partial charge in [-0.1, -0.05) is 12.1 Å². The molecule has 0 aliphatic carbocycles. The first kappa shape index (κ1) is 13.6. The first-order chi connectivity index (χ1) is 10.3. The lowest BCUT2D eigenvalue weighted by Gasteiger charge is -2.14. The van der Waals surface area contributed by atoms with E-state index in [2.05, 4.69) is 51.2 Å². The molecule has 0 spiro atoms. The summed E-state index contributed by atoms with van der Waals surface area (Å²) >= 11 is 0. The molecule has 2 heterocycles. The van der Waals surface area contributed by atoms with Gasteiger partial charge in [0, 0.05) is 43.9 Å². The van der Waals surface area contributed by atoms with Crippen molar-refractivity contribution in [3.63, 3.8) is 0 Å². The average Bonchev–Trinajstić information content (AvgIpc) is 3.19. The maximum atomic E-state index is 4.26. The molecule has 21 heavy (non-hydrogen) atoms. The van der Waals surface area contributed by atoms with Crippen molar-refractivity contribution in [2.24, 2.45) is 0 Å². The summed E-state index contributed by atoms with van der Waals surface area (Å²) in [6, 6.07) is 10.7. The van der Waals surface area contributed by atoms with Crippen LogP contribution in [0.25, 0.3) is 5.69 Å². The van der Waals surface area contributed by atoms with Gasteiger partial charge < -0.3 is 9.88 Å². The molecule has 0 amide bonds. The van der Waals surface area contributed by atoms with Gasteiger partial charge in [-0.3, -0.25) is 0 Å². The minimum absolute atomic E-state index is 0.382. The summed E-state index contributed by atoms with van der Waals surface area (Å²) in [5, 5.41) is 7.79. The first-order valence-electron chi connectivity index (χ1n) is 7.09. The number of hydrogen-bond acceptors (Lipinski definition) is 3. The fourth-order valence-electron chi connectivity index (χ4n) is 2.30. The summed E-state index contributed by atoms with van der Waals surface area (Å²) in [6.45, 7) is 3.93. The van der Waals surface area contributed by atoms with E-state index < -0.39 is 0 Å². The minimum atomic E-state index is 0.382. The highest BCUT2D eigenvalue weighted by Gasteiger charge is 2.03. The Kier molecular flexibility index (Phi) is 4.12. The number of aromatic nitrogens is 4. The smallest absolute Gasteiger partial charge is 0.0946 e. The SMILES string of the molecule is C[C@H](Cn1ccnc1)NCc1cccc(-n2cccn2)c1. The van der Waals surface area contributed by atoms with E-state index in [0.29, 0.717) is 6.04 Å². The third kappa shape index (κ3) is 3.58. The molecule has 1 atom stereocenters. The molecule has 0 aliphatic heterocycles. The van der Waals surface area contributed by atoms with Crippen LogP contribution >= 0.6 is 0 Å². The molecule has 3 aromatic rings. The van der Waals surface area contributed by atoms with Crippen LogP contribution in [-0.4, -0.2) is 25.4 Å². The van der Waals surface area contributed by atoms with Gasteiger partial charge in [0.25, 0.3) is 0 Å². The highest BCUT2D eigenvalue weighted by molar-refractivity contribution is 5.34. The maximum absolute atomic E-state index is 4.26. The zero-order valence-electron chi connectivity index (χ0n) is 12.1. The standard InChI is InChI=1S/C16H19N5/c1-14(12-20-9-7-17-13-20)18-11-15-4-2-5-16(10-15)21-8-3-6-19-21/h2-10,13-14,18H,11-12H2,1H3/t14-/m1/s1. The minimum Gasteiger partial charge on any atom is -0.336 e. The normalized spacial score (nSPS) is 12.4. The number of nitrogens with zero attached hydrogens (tertiary/aromatic N) is 4. The van der Waals surface area contributed by atoms with Gasteiger partial charge in [0.1, 0.15) is 0 Å². The Bertz CT molecular complexity index is 658. The van der Waals surface area contributed by atoms with Crippen LogP contribution in [0.2, 0.25) is 0 Å². The number of imidazole rings is 1. The van der Waals surface area contributed by atoms with Crippen LogP contribution in [0.1, 0.15) is 12.5 Å². The second-order valence-corrected chi connectivity index (χ2v) is 5.16. The third-order valence-corrected chi connectivity index (χ3v) is 3.38. The van der Waals surface area contributed by atoms with Crippen LogP contribution in [-0.2, 0) is 13.1 Å². The fraction of sp³-hybridized carbons (Fsp3) is 0.250. The second kappa shape index (κ2) is 6.37. The van der Waals surface area contributed by atoms with E-state index in [0.717, 1.165) is 18.8 Å². The lowest BCUT2D eigenvalue weighted by molar-refractivity contribution is 0.476. The number of nitrogens with one attached hydrogen (secondary N) is 1. The molecule has 0 fully saturated rings. The van der Waals surface area contributed by atoms with Crippen molar-refractivity contribution in [1.82, 2.24) is 24.6 Å². The van der Waals surface area contributed by atoms with Crippen LogP contribution in [0.3, 0.4) is 0 Å². The zero-order valence-corrected chi connectivity index (χ0v) is 12.1. The van der Waals surface area contributed by atoms with Crippen molar-refractivity contribution < 1.29 is 0 Å². The second-order valence-electron chi connectivity index (χ2n) is 5.16. The van der Waals surface area contributed by atoms with E-state index in [4.69, 9.17) is 0 Å². The summed E-state index contributed by atoms with van der Waals surface area (Å²) in [4.78, 5) is 4.06. The molecule has 108 valence electrons. The van der Waals surface area contributed by atoms with Gasteiger partial charge in [0.2, 0.25) is 0 Å². The van der Waals surface area contributed by atoms with Gasteiger partial charge in [0.05, 0.1) is 12.0 Å². The van der Waals surface area contributed by atoms with Crippen LogP contribution in [0.4, 0.5) is 0 Å². The molecule has 2 aromatic heterocycles. The van der Waals surface area contributed by atoms with E-state index in [-0.39, 0.29) is 0 Å². The lowest BCUT2D eigenvalue weighted by Crippen LogP contribution is -2.29. The van der Waals surface area contributed by atoms with Crippen LogP contribution in [0, 0.1) is 0 Å². The van der Waals surface area contributed by atoms with E-state index in [1.54, 1.807) is 12.4 Å². The van der Waals surface area contributed by atoms with Crippen LogP contribution < -0.4 is 5.32 Å². The summed E-state index contributed by atoms with van der Waals surface area (Å²) in [7, 11) is 0. The molecule has 0 unspecified atom stereocenters. The number of benzene rings is 1. The number of rotatable bonds is 6. The average molecular weight is 281 g/mol. The van der Waals surface area contributed by atoms with Crippen molar-refractivity contribution in [3.05, 3.63) is 67.0 Å². The molecule has 1 aromatic carbocycles. The molecule has 0 aliphatic rings. The first-order valence-corrected chi connectivity index (χ1v) is 7.09. The molecule has 0 saturated heterocycles. The Morgan fingerprint density at radius 1 is 1.19 bits per heavy atom. The van der Waals surface area contributed by atoms with Crippen molar-refractivity contribution in [2.75, 3.05) is 0 Å². The Morgan fingerprint density at radius 3 is 2.90 bits per heavy atom. The van der Waals surface area contributed by atoms with Gasteiger partial charge in [-0.15, -0.1) is 0 Å². The quantitative estimate of drug-likeness (QED) is 0.754. The monoisotopic (exact) mass is 281 g/mol. The molecular formula is C16H19N5. The molecular weight excluding hydrogens is 262 g/mol. The van der Waals surface area contributed by atoms with Gasteiger partial charge >= 0.3 is 0 Å². The Hall–Kier alpha value is -2.40. The van der Waals surface area contributed by atoms with Gasteiger partial charge in [0.15, 0.2) is 0 Å². The molecule has 0 radical (unpaired) electrons. The summed E-state index contributed by atoms with van der Waals surface area (Å²) in [5.74, 6) is 0. The van der Waals surface area contributed by atoms with E-state index in [1.807, 2.05) is 29.5 Å². The number of hydrogen-bond donors (Lipinski definition) is 1. The van der Waals surface area contributed by atoms with Crippen molar-refractivity contribution in [3.8, 4) is 5.69 Å². The highest BCUT2D eigenvalue weighted by Crippen LogP contribution is 2.09. The maximum Gasteiger partial charge on any atom is 0.0946 e. The molecule has 0 saturated carbocycles. The Balaban J connectivity index is 1.59. The molecule has 0 bridgehead atoms. The highest BCUT2D eigenvalue weighted by atomic mass is 15.3. The predicted molar refractivity (Wildman–Crippen MR) is 82.1 cm³/mol. The van der Waals surface area contributed by atoms with Crippen molar-refractivity contribution >= 4 is 0 Å². The zero-order chi connectivity index (χ0) is 14.5. The van der Waals surface area contributed by atoms with E-state index >= 15 is 0 Å². The van der Waals surface area contributed by atoms with Crippen LogP contribution in [0.15, 0.2) is 61.4 Å². The van der Waals surface area contributed by atoms with Crippen molar-refractivity contribution in [1.29, 1.82) is 0 Å². The Labute approximate surface area is 124 Å². The molecule has 5 nitrogen and oxygen atoms in total. The van der Waals surface area contributed by atoms with E-state index in [1.165, 1.54) is 5.56 Å².